The second-order valence-corrected chi connectivity index (χ2v) is 11.3. The largest absolute Gasteiger partial charge is 0.480 e. The molecule has 12 heteroatoms. The summed E-state index contributed by atoms with van der Waals surface area (Å²) in [5.41, 5.74) is 2.54. The van der Waals surface area contributed by atoms with Crippen LogP contribution < -0.4 is 16.0 Å². The van der Waals surface area contributed by atoms with E-state index in [0.29, 0.717) is 16.5 Å². The van der Waals surface area contributed by atoms with Crippen molar-refractivity contribution in [2.45, 2.75) is 58.5 Å². The summed E-state index contributed by atoms with van der Waals surface area (Å²) in [6.07, 6.45) is -0.242. The Hall–Kier alpha value is -5.65. The summed E-state index contributed by atoms with van der Waals surface area (Å²) in [5.74, 6) is -2.86. The van der Waals surface area contributed by atoms with Crippen LogP contribution in [-0.4, -0.2) is 57.8 Å². The summed E-state index contributed by atoms with van der Waals surface area (Å²) in [5, 5.41) is 18.2. The van der Waals surface area contributed by atoms with E-state index in [-0.39, 0.29) is 25.6 Å². The van der Waals surface area contributed by atoms with Gasteiger partial charge in [0.05, 0.1) is 5.52 Å². The minimum Gasteiger partial charge on any atom is -0.480 e. The number of benzene rings is 3. The highest BCUT2D eigenvalue weighted by molar-refractivity contribution is 5.98. The number of para-hydroxylation sites is 1. The number of amides is 3. The molecule has 4 aromatic rings. The number of alkyl carbamates (subject to hydrolysis) is 2. The van der Waals surface area contributed by atoms with Gasteiger partial charge in [0.15, 0.2) is 0 Å². The fraction of sp³-hybridized carbons (Fsp3) is 0.286. The van der Waals surface area contributed by atoms with Crippen molar-refractivity contribution in [2.24, 2.45) is 5.92 Å². The number of carbonyl (C=O) groups excluding carboxylic acids is 4. The molecule has 4 N–H and O–H groups in total. The number of hydrogen-bond donors (Lipinski definition) is 4. The molecule has 0 spiro atoms. The first-order chi connectivity index (χ1) is 22.5. The predicted octanol–water partition coefficient (Wildman–Crippen LogP) is 4.66. The maximum atomic E-state index is 13.4. The Morgan fingerprint density at radius 1 is 0.723 bits per heavy atom. The molecule has 0 bridgehead atoms. The highest BCUT2D eigenvalue weighted by Crippen LogP contribution is 2.23. The Morgan fingerprint density at radius 2 is 1.26 bits per heavy atom. The van der Waals surface area contributed by atoms with Crippen LogP contribution in [0.2, 0.25) is 0 Å². The van der Waals surface area contributed by atoms with E-state index < -0.39 is 48.1 Å². The summed E-state index contributed by atoms with van der Waals surface area (Å²) in [7, 11) is 0. The second kappa shape index (κ2) is 16.1. The van der Waals surface area contributed by atoms with Gasteiger partial charge in [-0.3, -0.25) is 14.2 Å². The molecule has 1 aromatic heterocycles. The van der Waals surface area contributed by atoms with Crippen molar-refractivity contribution in [1.82, 2.24) is 20.5 Å². The summed E-state index contributed by atoms with van der Waals surface area (Å²) < 4.78 is 11.8. The SMILES string of the molecule is CC(C)[C@H](NC(=O)OCc1ccccc1)C(=O)N[C@@H](Cc1cn(C(=O)[C@H](C)NC(=O)OCc2ccccc2)c2ccccc12)C(=O)O. The lowest BCUT2D eigenvalue weighted by Crippen LogP contribution is -2.54. The van der Waals surface area contributed by atoms with Crippen molar-refractivity contribution in [3.8, 4) is 0 Å². The van der Waals surface area contributed by atoms with Crippen molar-refractivity contribution in [3.05, 3.63) is 108 Å². The Morgan fingerprint density at radius 3 is 1.81 bits per heavy atom. The number of carbonyl (C=O) groups is 5. The normalized spacial score (nSPS) is 12.9. The van der Waals surface area contributed by atoms with Gasteiger partial charge < -0.3 is 30.5 Å². The molecule has 0 unspecified atom stereocenters. The number of nitrogens with one attached hydrogen (secondary N) is 3. The van der Waals surface area contributed by atoms with E-state index in [1.807, 2.05) is 48.5 Å². The molecule has 0 radical (unpaired) electrons. The van der Waals surface area contributed by atoms with E-state index in [1.165, 1.54) is 17.7 Å². The third-order valence-electron chi connectivity index (χ3n) is 7.42. The molecule has 0 saturated carbocycles. The second-order valence-electron chi connectivity index (χ2n) is 11.3. The van der Waals surface area contributed by atoms with Gasteiger partial charge in [0, 0.05) is 18.0 Å². The van der Waals surface area contributed by atoms with Crippen molar-refractivity contribution < 1.29 is 38.6 Å². The molecule has 0 saturated heterocycles. The van der Waals surface area contributed by atoms with Gasteiger partial charge in [0.25, 0.3) is 5.91 Å². The van der Waals surface area contributed by atoms with Gasteiger partial charge in [-0.1, -0.05) is 92.7 Å². The molecule has 0 aliphatic rings. The summed E-state index contributed by atoms with van der Waals surface area (Å²) >= 11 is 0. The molecular weight excluding hydrogens is 604 g/mol. The molecule has 12 nitrogen and oxygen atoms in total. The zero-order valence-corrected chi connectivity index (χ0v) is 26.3. The number of aliphatic carboxylic acids is 1. The average molecular weight is 643 g/mol. The summed E-state index contributed by atoms with van der Waals surface area (Å²) in [6.45, 7) is 4.98. The first kappa shape index (κ1) is 34.2. The Labute approximate surface area is 272 Å². The Bertz CT molecular complexity index is 1700. The van der Waals surface area contributed by atoms with Crippen molar-refractivity contribution in [2.75, 3.05) is 0 Å². The molecule has 246 valence electrons. The number of carboxylic acid groups (broad SMARTS) is 1. The lowest BCUT2D eigenvalue weighted by Gasteiger charge is -2.23. The van der Waals surface area contributed by atoms with E-state index in [9.17, 15) is 29.1 Å². The quantitative estimate of drug-likeness (QED) is 0.164. The van der Waals surface area contributed by atoms with Crippen LogP contribution in [-0.2, 0) is 38.7 Å². The van der Waals surface area contributed by atoms with Crippen LogP contribution in [0, 0.1) is 5.92 Å². The van der Waals surface area contributed by atoms with Gasteiger partial charge >= 0.3 is 18.2 Å². The highest BCUT2D eigenvalue weighted by Gasteiger charge is 2.30. The van der Waals surface area contributed by atoms with Crippen LogP contribution in [0.4, 0.5) is 9.59 Å². The molecule has 1 heterocycles. The number of carboxylic acids is 1. The minimum absolute atomic E-state index is 0.00263. The zero-order valence-electron chi connectivity index (χ0n) is 26.3. The third kappa shape index (κ3) is 9.42. The first-order valence-electron chi connectivity index (χ1n) is 15.1. The van der Waals surface area contributed by atoms with Crippen LogP contribution in [0.3, 0.4) is 0 Å². The number of nitrogens with zero attached hydrogens (tertiary/aromatic N) is 1. The van der Waals surface area contributed by atoms with Gasteiger partial charge in [-0.25, -0.2) is 14.4 Å². The van der Waals surface area contributed by atoms with Crippen LogP contribution >= 0.6 is 0 Å². The summed E-state index contributed by atoms with van der Waals surface area (Å²) in [4.78, 5) is 63.9. The number of fused-ring (bicyclic) bond motifs is 1. The molecule has 0 aliphatic heterocycles. The molecule has 0 aliphatic carbocycles. The Balaban J connectivity index is 1.43. The van der Waals surface area contributed by atoms with E-state index in [4.69, 9.17) is 9.47 Å². The van der Waals surface area contributed by atoms with Gasteiger partial charge in [0.2, 0.25) is 5.91 Å². The average Bonchev–Trinajstić information content (AvgIpc) is 3.43. The molecule has 3 aromatic carbocycles. The fourth-order valence-electron chi connectivity index (χ4n) is 4.92. The third-order valence-corrected chi connectivity index (χ3v) is 7.42. The molecule has 3 amide bonds. The number of hydrogen-bond acceptors (Lipinski definition) is 7. The van der Waals surface area contributed by atoms with Crippen LogP contribution in [0.25, 0.3) is 10.9 Å². The van der Waals surface area contributed by atoms with E-state index in [2.05, 4.69) is 16.0 Å². The summed E-state index contributed by atoms with van der Waals surface area (Å²) in [6, 6.07) is 21.6. The molecule has 3 atom stereocenters. The lowest BCUT2D eigenvalue weighted by atomic mass is 10.0. The van der Waals surface area contributed by atoms with E-state index >= 15 is 0 Å². The van der Waals surface area contributed by atoms with Crippen molar-refractivity contribution >= 4 is 40.9 Å². The van der Waals surface area contributed by atoms with Gasteiger partial charge in [-0.2, -0.15) is 0 Å². The van der Waals surface area contributed by atoms with Gasteiger partial charge in [-0.15, -0.1) is 0 Å². The predicted molar refractivity (Wildman–Crippen MR) is 173 cm³/mol. The monoisotopic (exact) mass is 642 g/mol. The van der Waals surface area contributed by atoms with Crippen LogP contribution in [0.15, 0.2) is 91.1 Å². The fourth-order valence-corrected chi connectivity index (χ4v) is 4.92. The molecule has 0 fully saturated rings. The topological polar surface area (TPSA) is 165 Å². The van der Waals surface area contributed by atoms with E-state index in [1.54, 1.807) is 50.2 Å². The van der Waals surface area contributed by atoms with Crippen molar-refractivity contribution in [1.29, 1.82) is 0 Å². The number of aromatic nitrogens is 1. The zero-order chi connectivity index (χ0) is 33.9. The maximum absolute atomic E-state index is 13.4. The highest BCUT2D eigenvalue weighted by atomic mass is 16.6. The van der Waals surface area contributed by atoms with Crippen molar-refractivity contribution in [3.63, 3.8) is 0 Å². The molecular formula is C35H38N4O8. The van der Waals surface area contributed by atoms with E-state index in [0.717, 1.165) is 11.1 Å². The standard InChI is InChI=1S/C35H38N4O8/c1-22(2)30(38-35(45)47-21-25-14-8-5-9-15-25)31(40)37-28(33(42)43)18-26-19-39(29-17-11-10-16-27(26)29)32(41)23(3)36-34(44)46-20-24-12-6-4-7-13-24/h4-17,19,22-23,28,30H,18,20-21H2,1-3H3,(H,36,44)(H,37,40)(H,38,45)(H,42,43)/t23-,28-,30-/m0/s1. The number of rotatable bonds is 13. The maximum Gasteiger partial charge on any atom is 0.408 e. The minimum atomic E-state index is -1.39. The number of ether oxygens (including phenoxy) is 2. The van der Waals surface area contributed by atoms with Crippen LogP contribution in [0.5, 0.6) is 0 Å². The van der Waals surface area contributed by atoms with Gasteiger partial charge in [-0.05, 0) is 35.6 Å². The lowest BCUT2D eigenvalue weighted by molar-refractivity contribution is -0.142. The smallest absolute Gasteiger partial charge is 0.408 e. The first-order valence-corrected chi connectivity index (χ1v) is 15.1. The van der Waals surface area contributed by atoms with Gasteiger partial charge in [0.1, 0.15) is 31.3 Å². The molecule has 4 rings (SSSR count). The van der Waals surface area contributed by atoms with Crippen LogP contribution in [0.1, 0.15) is 42.3 Å². The molecule has 47 heavy (non-hydrogen) atoms. The Kier molecular flexibility index (Phi) is 11.7.